The van der Waals surface area contributed by atoms with E-state index in [9.17, 15) is 40.2 Å². The van der Waals surface area contributed by atoms with Crippen molar-refractivity contribution >= 4 is 43.7 Å². The number of hydrogen-bond donors (Lipinski definition) is 8. The van der Waals surface area contributed by atoms with E-state index in [0.29, 0.717) is 44.2 Å². The summed E-state index contributed by atoms with van der Waals surface area (Å²) in [5, 5.41) is 60.6. The first kappa shape index (κ1) is 41.2. The van der Waals surface area contributed by atoms with E-state index in [1.54, 1.807) is 0 Å². The van der Waals surface area contributed by atoms with Crippen molar-refractivity contribution in [3.63, 3.8) is 0 Å². The van der Waals surface area contributed by atoms with Crippen LogP contribution in [0.2, 0.25) is 0 Å². The molecule has 17 heteroatoms. The Bertz CT molecular complexity index is 2830. The fraction of sp³-hybridized carbons (Fsp3) is 0.0952. The van der Waals surface area contributed by atoms with Crippen LogP contribution in [0.15, 0.2) is 115 Å². The molecule has 4 aromatic carbocycles. The lowest BCUT2D eigenvalue weighted by atomic mass is 9.93. The fourth-order valence-electron chi connectivity index (χ4n) is 6.34. The van der Waals surface area contributed by atoms with Gasteiger partial charge in [-0.2, -0.15) is 8.42 Å². The second-order valence-electron chi connectivity index (χ2n) is 13.6. The van der Waals surface area contributed by atoms with Gasteiger partial charge in [0, 0.05) is 96.9 Å². The summed E-state index contributed by atoms with van der Waals surface area (Å²) >= 11 is 0. The van der Waals surface area contributed by atoms with Gasteiger partial charge in [-0.15, -0.1) is 0 Å². The second kappa shape index (κ2) is 15.8. The van der Waals surface area contributed by atoms with E-state index in [4.69, 9.17) is 26.4 Å². The SMILES string of the molecule is CN(C)c1ccc(-c2c3cc(O)c(=O)cc-3oc3cc(O)c(O)cc23)cc1.CN(C)c1ccc(-c2c3cc(O)c(=O)cc-3oc3cc(O)c(O)cc23)cc1.O=S(=O)(O)O. The molecule has 4 aromatic rings. The molecule has 0 radical (unpaired) electrons. The number of nitrogens with zero attached hydrogens (tertiary/aromatic N) is 2. The van der Waals surface area contributed by atoms with Crippen molar-refractivity contribution in [1.82, 2.24) is 0 Å². The van der Waals surface area contributed by atoms with Gasteiger partial charge in [-0.25, -0.2) is 0 Å². The fourth-order valence-corrected chi connectivity index (χ4v) is 6.34. The molecule has 59 heavy (non-hydrogen) atoms. The highest BCUT2D eigenvalue weighted by Gasteiger charge is 2.22. The van der Waals surface area contributed by atoms with Crippen LogP contribution in [-0.2, 0) is 10.4 Å². The first-order valence-electron chi connectivity index (χ1n) is 17.3. The van der Waals surface area contributed by atoms with Crippen molar-refractivity contribution in [2.45, 2.75) is 0 Å². The standard InChI is InChI=1S/2C21H17NO5.H2O4S/c2*1-22(2)12-5-3-11(4-6-12)21-13-7-15(23)17(25)9-19(13)27-20-10-18(26)16(24)8-14(20)21;1-5(2,3)4/h2*3-10,23-25H,1-2H3;(H2,1,2,3,4). The maximum absolute atomic E-state index is 11.9. The van der Waals surface area contributed by atoms with Crippen LogP contribution in [0.1, 0.15) is 0 Å². The van der Waals surface area contributed by atoms with Crippen LogP contribution in [0.3, 0.4) is 0 Å². The predicted molar refractivity (Wildman–Crippen MR) is 222 cm³/mol. The summed E-state index contributed by atoms with van der Waals surface area (Å²) in [7, 11) is 3.09. The normalized spacial score (nSPS) is 11.2. The third-order valence-electron chi connectivity index (χ3n) is 9.14. The molecular formula is C42H36N2O14S. The second-order valence-corrected chi connectivity index (χ2v) is 14.5. The minimum atomic E-state index is -4.67. The summed E-state index contributed by atoms with van der Waals surface area (Å²) in [5.41, 5.74) is 5.60. The quantitative estimate of drug-likeness (QED) is 0.0513. The lowest BCUT2D eigenvalue weighted by molar-refractivity contribution is 0.380. The Morgan fingerprint density at radius 1 is 0.458 bits per heavy atom. The summed E-state index contributed by atoms with van der Waals surface area (Å²) in [6, 6.07) is 26.0. The zero-order chi connectivity index (χ0) is 43.1. The van der Waals surface area contributed by atoms with Gasteiger partial charge in [0.25, 0.3) is 0 Å². The maximum atomic E-state index is 11.9. The highest BCUT2D eigenvalue weighted by Crippen LogP contribution is 2.45. The van der Waals surface area contributed by atoms with E-state index < -0.39 is 21.3 Å². The Kier molecular flexibility index (Phi) is 11.0. The van der Waals surface area contributed by atoms with E-state index in [2.05, 4.69) is 0 Å². The first-order valence-corrected chi connectivity index (χ1v) is 18.7. The lowest BCUT2D eigenvalue weighted by Crippen LogP contribution is -2.08. The summed E-state index contributed by atoms with van der Waals surface area (Å²) in [4.78, 5) is 27.6. The van der Waals surface area contributed by atoms with Crippen LogP contribution >= 0.6 is 0 Å². The largest absolute Gasteiger partial charge is 0.504 e. The Morgan fingerprint density at radius 3 is 1.07 bits per heavy atom. The van der Waals surface area contributed by atoms with Gasteiger partial charge in [-0.05, 0) is 59.7 Å². The highest BCUT2D eigenvalue weighted by molar-refractivity contribution is 7.79. The molecule has 0 spiro atoms. The van der Waals surface area contributed by atoms with Gasteiger partial charge in [0.2, 0.25) is 10.9 Å². The minimum absolute atomic E-state index is 0.280. The monoisotopic (exact) mass is 824 g/mol. The molecule has 8 N–H and O–H groups in total. The lowest BCUT2D eigenvalue weighted by Gasteiger charge is -2.17. The summed E-state index contributed by atoms with van der Waals surface area (Å²) < 4.78 is 43.1. The number of rotatable bonds is 4. The highest BCUT2D eigenvalue weighted by atomic mass is 32.3. The Hall–Kier alpha value is -7.47. The minimum Gasteiger partial charge on any atom is -0.504 e. The smallest absolute Gasteiger partial charge is 0.394 e. The number of hydrogen-bond acceptors (Lipinski definition) is 14. The van der Waals surface area contributed by atoms with Gasteiger partial charge in [-0.1, -0.05) is 24.3 Å². The van der Waals surface area contributed by atoms with E-state index in [1.165, 1.54) is 48.5 Å². The van der Waals surface area contributed by atoms with Gasteiger partial charge in [0.1, 0.15) is 22.7 Å². The summed E-state index contributed by atoms with van der Waals surface area (Å²) in [5.74, 6) is -1.41. The number of fused-ring (bicyclic) bond motifs is 4. The van der Waals surface area contributed by atoms with E-state index >= 15 is 0 Å². The molecule has 8 rings (SSSR count). The molecule has 0 bridgehead atoms. The summed E-state index contributed by atoms with van der Waals surface area (Å²) in [6.45, 7) is 0. The maximum Gasteiger partial charge on any atom is 0.394 e. The van der Waals surface area contributed by atoms with Gasteiger partial charge >= 0.3 is 10.4 Å². The van der Waals surface area contributed by atoms with Crippen LogP contribution in [0.5, 0.6) is 34.5 Å². The molecule has 2 heterocycles. The molecule has 0 saturated carbocycles. The van der Waals surface area contributed by atoms with Crippen molar-refractivity contribution < 1.29 is 57.0 Å². The Labute approximate surface area is 334 Å². The molecule has 0 fully saturated rings. The number of benzene rings is 6. The average Bonchev–Trinajstić information content (AvgIpc) is 3.15. The summed E-state index contributed by atoms with van der Waals surface area (Å²) in [6.07, 6.45) is 0. The van der Waals surface area contributed by atoms with E-state index in [1.807, 2.05) is 86.5 Å². The average molecular weight is 825 g/mol. The van der Waals surface area contributed by atoms with E-state index in [-0.39, 0.29) is 46.0 Å². The van der Waals surface area contributed by atoms with Crippen molar-refractivity contribution in [3.05, 3.63) is 118 Å². The molecule has 2 aliphatic heterocycles. The predicted octanol–water partition coefficient (Wildman–Crippen LogP) is 6.84. The van der Waals surface area contributed by atoms with Gasteiger partial charge in [-0.3, -0.25) is 18.7 Å². The van der Waals surface area contributed by atoms with E-state index in [0.717, 1.165) is 22.5 Å². The molecule has 16 nitrogen and oxygen atoms in total. The molecule has 0 saturated heterocycles. The topological polar surface area (TPSA) is 263 Å². The molecular weight excluding hydrogens is 789 g/mol. The number of phenols is 6. The van der Waals surface area contributed by atoms with Crippen molar-refractivity contribution in [2.24, 2.45) is 0 Å². The van der Waals surface area contributed by atoms with Crippen LogP contribution < -0.4 is 20.7 Å². The Balaban J connectivity index is 0.000000178. The molecule has 304 valence electrons. The van der Waals surface area contributed by atoms with Gasteiger partial charge in [0.05, 0.1) is 0 Å². The zero-order valence-corrected chi connectivity index (χ0v) is 32.4. The van der Waals surface area contributed by atoms with Crippen molar-refractivity contribution in [3.8, 4) is 79.4 Å². The first-order chi connectivity index (χ1) is 27.7. The molecule has 0 aromatic heterocycles. The van der Waals surface area contributed by atoms with Crippen LogP contribution in [0.4, 0.5) is 11.4 Å². The molecule has 0 amide bonds. The van der Waals surface area contributed by atoms with Crippen molar-refractivity contribution in [1.29, 1.82) is 0 Å². The number of phenolic OH excluding ortho intramolecular Hbond substituents is 6. The zero-order valence-electron chi connectivity index (χ0n) is 31.6. The number of aromatic hydroxyl groups is 6. The van der Waals surface area contributed by atoms with Crippen LogP contribution in [-0.4, -0.2) is 76.4 Å². The molecule has 0 unspecified atom stereocenters. The third kappa shape index (κ3) is 8.76. The molecule has 4 aliphatic rings. The Morgan fingerprint density at radius 2 is 0.763 bits per heavy atom. The van der Waals surface area contributed by atoms with Crippen LogP contribution in [0.25, 0.3) is 66.8 Å². The van der Waals surface area contributed by atoms with Gasteiger partial charge in [0.15, 0.2) is 34.5 Å². The third-order valence-corrected chi connectivity index (χ3v) is 9.14. The molecule has 2 aliphatic carbocycles. The van der Waals surface area contributed by atoms with Crippen LogP contribution in [0, 0.1) is 0 Å². The molecule has 0 atom stereocenters. The number of anilines is 2. The van der Waals surface area contributed by atoms with Crippen molar-refractivity contribution in [2.75, 3.05) is 38.0 Å². The van der Waals surface area contributed by atoms with Gasteiger partial charge < -0.3 is 49.3 Å².